The van der Waals surface area contributed by atoms with Crippen LogP contribution >= 0.6 is 11.8 Å². The highest BCUT2D eigenvalue weighted by Crippen LogP contribution is 2.47. The molecule has 0 aromatic carbocycles. The monoisotopic (exact) mass is 482 g/mol. The molecule has 182 valence electrons. The number of carbonyl (C=O) groups is 1. The first-order valence-electron chi connectivity index (χ1n) is 12.5. The van der Waals surface area contributed by atoms with Gasteiger partial charge in [0.1, 0.15) is 16.6 Å². The number of hydrogen-bond donors (Lipinski definition) is 3. The van der Waals surface area contributed by atoms with E-state index in [2.05, 4.69) is 22.7 Å². The summed E-state index contributed by atoms with van der Waals surface area (Å²) in [6, 6.07) is 0.527. The van der Waals surface area contributed by atoms with Gasteiger partial charge in [-0.15, -0.1) is 11.8 Å². The molecule has 0 radical (unpaired) electrons. The van der Waals surface area contributed by atoms with Gasteiger partial charge in [-0.1, -0.05) is 11.6 Å². The van der Waals surface area contributed by atoms with Crippen LogP contribution in [0.4, 0.5) is 5.82 Å². The zero-order valence-electron chi connectivity index (χ0n) is 20.3. The molecule has 5 rings (SSSR count). The van der Waals surface area contributed by atoms with E-state index >= 15 is 0 Å². The standard InChI is InChI=1S/C25H34N6O2S/c1-14(26)19-22(28-15(2)17-9-7-13-27-17)29-23(30-24(19)34-3)20-16-8-6-12-25(21(16)33-31-20)11-5-4-10-18(25)32/h15,17,26-27H,4-13H2,1-3H3,(H,28,29,30)/t15-,17-,25+/m0/s1. The Morgan fingerprint density at radius 2 is 2.06 bits per heavy atom. The van der Waals surface area contributed by atoms with Gasteiger partial charge in [-0.3, -0.25) is 4.79 Å². The van der Waals surface area contributed by atoms with Crippen LogP contribution in [0.5, 0.6) is 0 Å². The molecule has 8 nitrogen and oxygen atoms in total. The van der Waals surface area contributed by atoms with Crippen LogP contribution in [0.3, 0.4) is 0 Å². The fraction of sp³-hybridized carbons (Fsp3) is 0.640. The van der Waals surface area contributed by atoms with Crippen LogP contribution in [-0.4, -0.2) is 51.5 Å². The Morgan fingerprint density at radius 3 is 2.76 bits per heavy atom. The summed E-state index contributed by atoms with van der Waals surface area (Å²) < 4.78 is 5.93. The van der Waals surface area contributed by atoms with Crippen molar-refractivity contribution in [3.05, 3.63) is 16.9 Å². The van der Waals surface area contributed by atoms with Crippen molar-refractivity contribution in [2.45, 2.75) is 94.2 Å². The zero-order chi connectivity index (χ0) is 23.9. The topological polar surface area (TPSA) is 117 Å². The van der Waals surface area contributed by atoms with Crippen molar-refractivity contribution in [1.29, 1.82) is 5.41 Å². The second kappa shape index (κ2) is 9.41. The lowest BCUT2D eigenvalue weighted by atomic mass is 9.64. The minimum Gasteiger partial charge on any atom is -0.365 e. The number of carbonyl (C=O) groups excluding carboxylic acids is 1. The average Bonchev–Trinajstić information content (AvgIpc) is 3.51. The number of hydrogen-bond acceptors (Lipinski definition) is 9. The van der Waals surface area contributed by atoms with Gasteiger partial charge < -0.3 is 20.6 Å². The molecule has 9 heteroatoms. The van der Waals surface area contributed by atoms with Gasteiger partial charge in [-0.2, -0.15) is 0 Å². The highest BCUT2D eigenvalue weighted by Gasteiger charge is 2.48. The lowest BCUT2D eigenvalue weighted by molar-refractivity contribution is -0.128. The van der Waals surface area contributed by atoms with E-state index in [1.807, 2.05) is 6.26 Å². The van der Waals surface area contributed by atoms with Crippen molar-refractivity contribution in [1.82, 2.24) is 20.4 Å². The Morgan fingerprint density at radius 1 is 1.24 bits per heavy atom. The third-order valence-electron chi connectivity index (χ3n) is 7.77. The minimum atomic E-state index is -0.519. The van der Waals surface area contributed by atoms with E-state index in [0.29, 0.717) is 41.3 Å². The maximum atomic E-state index is 13.0. The fourth-order valence-electron chi connectivity index (χ4n) is 5.96. The number of nitrogens with zero attached hydrogens (tertiary/aromatic N) is 3. The van der Waals surface area contributed by atoms with E-state index < -0.39 is 5.41 Å². The van der Waals surface area contributed by atoms with E-state index in [1.54, 1.807) is 6.92 Å². The number of rotatable bonds is 6. The summed E-state index contributed by atoms with van der Waals surface area (Å²) >= 11 is 1.51. The molecule has 2 fully saturated rings. The van der Waals surface area contributed by atoms with Gasteiger partial charge in [0, 0.05) is 29.8 Å². The summed E-state index contributed by atoms with van der Waals surface area (Å²) in [6.07, 6.45) is 10.3. The number of fused-ring (bicyclic) bond motifs is 2. The second-order valence-corrected chi connectivity index (χ2v) is 10.7. The summed E-state index contributed by atoms with van der Waals surface area (Å²) in [6.45, 7) is 4.96. The molecule has 2 aromatic rings. The number of thioether (sulfide) groups is 1. The Labute approximate surface area is 205 Å². The molecule has 0 unspecified atom stereocenters. The second-order valence-electron chi connectivity index (χ2n) is 9.95. The van der Waals surface area contributed by atoms with Gasteiger partial charge >= 0.3 is 0 Å². The quantitative estimate of drug-likeness (QED) is 0.313. The van der Waals surface area contributed by atoms with Crippen molar-refractivity contribution in [2.75, 3.05) is 18.1 Å². The molecule has 34 heavy (non-hydrogen) atoms. The predicted molar refractivity (Wildman–Crippen MR) is 134 cm³/mol. The van der Waals surface area contributed by atoms with Crippen LogP contribution in [-0.2, 0) is 16.6 Å². The molecule has 3 N–H and O–H groups in total. The summed E-state index contributed by atoms with van der Waals surface area (Å²) in [5.41, 5.74) is 2.28. The SMILES string of the molecule is CSc1nc(-c2noc3c2CCC[C@@]32CCCCC2=O)nc(N[C@@H](C)[C@@H]2CCCN2)c1C(C)=N. The largest absolute Gasteiger partial charge is 0.365 e. The highest BCUT2D eigenvalue weighted by molar-refractivity contribution is 7.98. The number of nitrogens with one attached hydrogen (secondary N) is 3. The molecular weight excluding hydrogens is 448 g/mol. The first kappa shape index (κ1) is 23.5. The van der Waals surface area contributed by atoms with E-state index in [1.165, 1.54) is 18.2 Å². The van der Waals surface area contributed by atoms with E-state index in [9.17, 15) is 4.79 Å². The van der Waals surface area contributed by atoms with Crippen molar-refractivity contribution < 1.29 is 9.32 Å². The molecule has 2 aromatic heterocycles. The smallest absolute Gasteiger partial charge is 0.185 e. The molecule has 0 amide bonds. The molecule has 1 aliphatic heterocycles. The van der Waals surface area contributed by atoms with Gasteiger partial charge in [0.25, 0.3) is 0 Å². The molecule has 1 spiro atoms. The Balaban J connectivity index is 1.58. The van der Waals surface area contributed by atoms with E-state index in [-0.39, 0.29) is 6.04 Å². The highest BCUT2D eigenvalue weighted by atomic mass is 32.2. The maximum Gasteiger partial charge on any atom is 0.185 e. The van der Waals surface area contributed by atoms with E-state index in [0.717, 1.165) is 73.4 Å². The molecular formula is C25H34N6O2S. The summed E-state index contributed by atoms with van der Waals surface area (Å²) in [7, 11) is 0. The third-order valence-corrected chi connectivity index (χ3v) is 8.45. The van der Waals surface area contributed by atoms with Crippen LogP contribution in [0, 0.1) is 5.41 Å². The third kappa shape index (κ3) is 3.96. The van der Waals surface area contributed by atoms with Gasteiger partial charge in [-0.25, -0.2) is 9.97 Å². The molecule has 3 heterocycles. The Bertz CT molecular complexity index is 1110. The first-order chi connectivity index (χ1) is 16.4. The summed E-state index contributed by atoms with van der Waals surface area (Å²) in [4.78, 5) is 22.8. The average molecular weight is 483 g/mol. The molecule has 3 atom stereocenters. The van der Waals surface area contributed by atoms with Crippen molar-refractivity contribution in [2.24, 2.45) is 0 Å². The Hall–Kier alpha value is -2.26. The minimum absolute atomic E-state index is 0.160. The van der Waals surface area contributed by atoms with Crippen LogP contribution in [0.1, 0.15) is 82.1 Å². The molecule has 1 saturated heterocycles. The number of anilines is 1. The molecule has 2 aliphatic carbocycles. The number of ketones is 1. The van der Waals surface area contributed by atoms with Gasteiger partial charge in [-0.05, 0) is 71.6 Å². The van der Waals surface area contributed by atoms with Crippen molar-refractivity contribution >= 4 is 29.1 Å². The molecule has 1 saturated carbocycles. The lowest BCUT2D eigenvalue weighted by Gasteiger charge is -2.36. The predicted octanol–water partition coefficient (Wildman–Crippen LogP) is 4.51. The van der Waals surface area contributed by atoms with Gasteiger partial charge in [0.2, 0.25) is 0 Å². The summed E-state index contributed by atoms with van der Waals surface area (Å²) in [5, 5.41) is 20.7. The zero-order valence-corrected chi connectivity index (χ0v) is 21.1. The molecule has 0 bridgehead atoms. The van der Waals surface area contributed by atoms with E-state index in [4.69, 9.17) is 19.9 Å². The van der Waals surface area contributed by atoms with Crippen molar-refractivity contribution in [3.8, 4) is 11.5 Å². The lowest BCUT2D eigenvalue weighted by Crippen LogP contribution is -2.41. The van der Waals surface area contributed by atoms with Crippen LogP contribution < -0.4 is 10.6 Å². The normalized spacial score (nSPS) is 25.4. The van der Waals surface area contributed by atoms with Crippen molar-refractivity contribution in [3.63, 3.8) is 0 Å². The molecule has 3 aliphatic rings. The Kier molecular flexibility index (Phi) is 6.50. The maximum absolute atomic E-state index is 13.0. The van der Waals surface area contributed by atoms with Crippen LogP contribution in [0.15, 0.2) is 9.55 Å². The number of aromatic nitrogens is 3. The first-order valence-corrected chi connectivity index (χ1v) is 13.7. The van der Waals surface area contributed by atoms with Gasteiger partial charge in [0.15, 0.2) is 17.3 Å². The summed E-state index contributed by atoms with van der Waals surface area (Å²) in [5.74, 6) is 2.22. The van der Waals surface area contributed by atoms with Crippen LogP contribution in [0.25, 0.3) is 11.5 Å². The number of Topliss-reactive ketones (excluding diaryl/α,β-unsaturated/α-hetero) is 1. The fourth-order valence-corrected chi connectivity index (χ4v) is 6.59. The van der Waals surface area contributed by atoms with Crippen LogP contribution in [0.2, 0.25) is 0 Å². The van der Waals surface area contributed by atoms with Gasteiger partial charge in [0.05, 0.1) is 11.0 Å².